The van der Waals surface area contributed by atoms with Crippen molar-refractivity contribution in [2.75, 3.05) is 0 Å². The van der Waals surface area contributed by atoms with Crippen molar-refractivity contribution >= 4 is 11.6 Å². The molecule has 0 amide bonds. The third kappa shape index (κ3) is 2.13. The average molecular weight is 223 g/mol. The summed E-state index contributed by atoms with van der Waals surface area (Å²) in [6, 6.07) is 4.93. The smallest absolute Gasteiger partial charge is 0.162 e. The van der Waals surface area contributed by atoms with E-state index in [0.717, 1.165) is 5.56 Å². The fraction of sp³-hybridized carbons (Fsp3) is 0.0909. The lowest BCUT2D eigenvalue weighted by molar-refractivity contribution is 0.629. The van der Waals surface area contributed by atoms with E-state index in [0.29, 0.717) is 16.4 Å². The Hall–Kier alpha value is -1.48. The Balaban J connectivity index is 2.49. The van der Waals surface area contributed by atoms with Crippen LogP contribution < -0.4 is 0 Å². The summed E-state index contributed by atoms with van der Waals surface area (Å²) in [6.07, 6.45) is 2.90. The summed E-state index contributed by atoms with van der Waals surface area (Å²) in [5.41, 5.74) is 1.25. The van der Waals surface area contributed by atoms with Gasteiger partial charge in [-0.2, -0.15) is 0 Å². The quantitative estimate of drug-likeness (QED) is 0.740. The van der Waals surface area contributed by atoms with Crippen LogP contribution in [0.15, 0.2) is 30.6 Å². The molecule has 15 heavy (non-hydrogen) atoms. The second-order valence-corrected chi connectivity index (χ2v) is 3.64. The van der Waals surface area contributed by atoms with E-state index in [1.165, 1.54) is 18.5 Å². The molecular weight excluding hydrogens is 215 g/mol. The number of hydrogen-bond acceptors (Lipinski definition) is 2. The molecule has 0 N–H and O–H groups in total. The van der Waals surface area contributed by atoms with Crippen molar-refractivity contribution in [2.24, 2.45) is 0 Å². The maximum atomic E-state index is 13.5. The van der Waals surface area contributed by atoms with Gasteiger partial charge in [0.15, 0.2) is 5.82 Å². The van der Waals surface area contributed by atoms with Crippen molar-refractivity contribution < 1.29 is 4.39 Å². The second-order valence-electron chi connectivity index (χ2n) is 3.21. The van der Waals surface area contributed by atoms with Crippen molar-refractivity contribution in [1.29, 1.82) is 0 Å². The van der Waals surface area contributed by atoms with Crippen molar-refractivity contribution in [3.63, 3.8) is 0 Å². The highest BCUT2D eigenvalue weighted by Crippen LogP contribution is 2.20. The van der Waals surface area contributed by atoms with Gasteiger partial charge < -0.3 is 0 Å². The zero-order valence-electron chi connectivity index (χ0n) is 8.04. The lowest BCUT2D eigenvalue weighted by Crippen LogP contribution is -1.91. The maximum Gasteiger partial charge on any atom is 0.162 e. The number of rotatable bonds is 1. The molecule has 0 spiro atoms. The first-order valence-electron chi connectivity index (χ1n) is 4.41. The van der Waals surface area contributed by atoms with Gasteiger partial charge in [0.05, 0.1) is 10.6 Å². The van der Waals surface area contributed by atoms with Gasteiger partial charge in [0.2, 0.25) is 0 Å². The predicted molar refractivity (Wildman–Crippen MR) is 57.2 cm³/mol. The van der Waals surface area contributed by atoms with E-state index in [1.807, 2.05) is 13.0 Å². The van der Waals surface area contributed by atoms with Crippen LogP contribution in [0.4, 0.5) is 4.39 Å². The highest BCUT2D eigenvalue weighted by atomic mass is 35.5. The SMILES string of the molecule is Cc1ccc(-c2ncc(Cl)cn2)c(F)c1. The van der Waals surface area contributed by atoms with Crippen LogP contribution in [-0.2, 0) is 0 Å². The summed E-state index contributed by atoms with van der Waals surface area (Å²) in [4.78, 5) is 7.91. The predicted octanol–water partition coefficient (Wildman–Crippen LogP) is 3.24. The molecular formula is C11H8ClFN2. The summed E-state index contributed by atoms with van der Waals surface area (Å²) in [7, 11) is 0. The van der Waals surface area contributed by atoms with E-state index in [-0.39, 0.29) is 5.82 Å². The van der Waals surface area contributed by atoms with Gasteiger partial charge in [0.25, 0.3) is 0 Å². The third-order valence-corrected chi connectivity index (χ3v) is 2.18. The first-order chi connectivity index (χ1) is 7.16. The van der Waals surface area contributed by atoms with Gasteiger partial charge in [0.1, 0.15) is 5.82 Å². The number of hydrogen-bond donors (Lipinski definition) is 0. The molecule has 1 aromatic carbocycles. The molecule has 2 nitrogen and oxygen atoms in total. The van der Waals surface area contributed by atoms with E-state index in [9.17, 15) is 4.39 Å². The molecule has 1 aromatic heterocycles. The Kier molecular flexibility index (Phi) is 2.64. The monoisotopic (exact) mass is 222 g/mol. The largest absolute Gasteiger partial charge is 0.235 e. The van der Waals surface area contributed by atoms with Gasteiger partial charge in [-0.1, -0.05) is 17.7 Å². The zero-order chi connectivity index (χ0) is 10.8. The Morgan fingerprint density at radius 1 is 1.20 bits per heavy atom. The van der Waals surface area contributed by atoms with E-state index >= 15 is 0 Å². The van der Waals surface area contributed by atoms with Crippen LogP contribution in [-0.4, -0.2) is 9.97 Å². The third-order valence-electron chi connectivity index (χ3n) is 1.99. The molecule has 0 aliphatic carbocycles. The first kappa shape index (κ1) is 10.1. The van der Waals surface area contributed by atoms with Crippen LogP contribution in [0.25, 0.3) is 11.4 Å². The molecule has 0 radical (unpaired) electrons. The number of aryl methyl sites for hydroxylation is 1. The average Bonchev–Trinajstić information content (AvgIpc) is 2.20. The number of nitrogens with zero attached hydrogens (tertiary/aromatic N) is 2. The van der Waals surface area contributed by atoms with Gasteiger partial charge >= 0.3 is 0 Å². The van der Waals surface area contributed by atoms with Gasteiger partial charge in [-0.25, -0.2) is 14.4 Å². The lowest BCUT2D eigenvalue weighted by atomic mass is 10.1. The molecule has 0 bridgehead atoms. The number of halogens is 2. The number of benzene rings is 1. The molecule has 76 valence electrons. The molecule has 0 saturated carbocycles. The van der Waals surface area contributed by atoms with Gasteiger partial charge in [-0.15, -0.1) is 0 Å². The Bertz CT molecular complexity index is 482. The molecule has 2 rings (SSSR count). The fourth-order valence-corrected chi connectivity index (χ4v) is 1.35. The Morgan fingerprint density at radius 2 is 1.87 bits per heavy atom. The fourth-order valence-electron chi connectivity index (χ4n) is 1.25. The first-order valence-corrected chi connectivity index (χ1v) is 4.78. The summed E-state index contributed by atoms with van der Waals surface area (Å²) in [6.45, 7) is 1.83. The van der Waals surface area contributed by atoms with Crippen LogP contribution in [0.5, 0.6) is 0 Å². The lowest BCUT2D eigenvalue weighted by Gasteiger charge is -2.02. The summed E-state index contributed by atoms with van der Waals surface area (Å²) < 4.78 is 13.5. The van der Waals surface area contributed by atoms with E-state index < -0.39 is 0 Å². The van der Waals surface area contributed by atoms with Crippen LogP contribution in [0, 0.1) is 12.7 Å². The minimum Gasteiger partial charge on any atom is -0.235 e. The second kappa shape index (κ2) is 3.95. The summed E-state index contributed by atoms with van der Waals surface area (Å²) in [5, 5.41) is 0.436. The zero-order valence-corrected chi connectivity index (χ0v) is 8.79. The topological polar surface area (TPSA) is 25.8 Å². The molecule has 4 heteroatoms. The minimum atomic E-state index is -0.322. The van der Waals surface area contributed by atoms with Gasteiger partial charge in [-0.3, -0.25) is 0 Å². The Morgan fingerprint density at radius 3 is 2.47 bits per heavy atom. The summed E-state index contributed by atoms with van der Waals surface area (Å²) >= 11 is 5.65. The van der Waals surface area contributed by atoms with E-state index in [1.54, 1.807) is 6.07 Å². The highest BCUT2D eigenvalue weighted by Gasteiger charge is 2.07. The maximum absolute atomic E-state index is 13.5. The molecule has 0 aliphatic heterocycles. The molecule has 0 aliphatic rings. The van der Waals surface area contributed by atoms with Crippen molar-refractivity contribution in [3.8, 4) is 11.4 Å². The van der Waals surface area contributed by atoms with Crippen LogP contribution >= 0.6 is 11.6 Å². The van der Waals surface area contributed by atoms with Crippen LogP contribution in [0.1, 0.15) is 5.56 Å². The van der Waals surface area contributed by atoms with Crippen molar-refractivity contribution in [1.82, 2.24) is 9.97 Å². The molecule has 1 heterocycles. The molecule has 0 unspecified atom stereocenters. The highest BCUT2D eigenvalue weighted by molar-refractivity contribution is 6.30. The standard InChI is InChI=1S/C11H8ClFN2/c1-7-2-3-9(10(13)4-7)11-14-5-8(12)6-15-11/h2-6H,1H3. The van der Waals surface area contributed by atoms with E-state index in [4.69, 9.17) is 11.6 Å². The van der Waals surface area contributed by atoms with Gasteiger partial charge in [0, 0.05) is 12.4 Å². The Labute approximate surface area is 91.8 Å². The number of aromatic nitrogens is 2. The minimum absolute atomic E-state index is 0.322. The van der Waals surface area contributed by atoms with Crippen molar-refractivity contribution in [3.05, 3.63) is 47.0 Å². The summed E-state index contributed by atoms with van der Waals surface area (Å²) in [5.74, 6) is 0.0224. The molecule has 0 atom stereocenters. The molecule has 2 aromatic rings. The van der Waals surface area contributed by atoms with Crippen molar-refractivity contribution in [2.45, 2.75) is 6.92 Å². The van der Waals surface area contributed by atoms with E-state index in [2.05, 4.69) is 9.97 Å². The van der Waals surface area contributed by atoms with Crippen LogP contribution in [0.2, 0.25) is 5.02 Å². The molecule has 0 saturated heterocycles. The normalized spacial score (nSPS) is 10.3. The van der Waals surface area contributed by atoms with Gasteiger partial charge in [-0.05, 0) is 24.6 Å². The molecule has 0 fully saturated rings. The van der Waals surface area contributed by atoms with Crippen LogP contribution in [0.3, 0.4) is 0 Å².